The van der Waals surface area contributed by atoms with E-state index in [1.807, 2.05) is 68.4 Å². The lowest BCUT2D eigenvalue weighted by molar-refractivity contribution is -0.124. The van der Waals surface area contributed by atoms with Crippen molar-refractivity contribution in [1.29, 1.82) is 0 Å². The van der Waals surface area contributed by atoms with Crippen molar-refractivity contribution in [2.45, 2.75) is 25.9 Å². The van der Waals surface area contributed by atoms with Gasteiger partial charge in [0.25, 0.3) is 0 Å². The number of nitrogens with zero attached hydrogens (tertiary/aromatic N) is 2. The number of fused-ring (bicyclic) bond motifs is 1. The Bertz CT molecular complexity index is 823. The molecular formula is C22H27N3O3. The van der Waals surface area contributed by atoms with E-state index in [0.717, 1.165) is 11.3 Å². The molecule has 0 radical (unpaired) electrons. The summed E-state index contributed by atoms with van der Waals surface area (Å²) in [4.78, 5) is 28.8. The van der Waals surface area contributed by atoms with E-state index in [0.29, 0.717) is 12.4 Å². The molecule has 6 nitrogen and oxygen atoms in total. The first kappa shape index (κ1) is 19.9. The minimum atomic E-state index is -0.207. The van der Waals surface area contributed by atoms with Gasteiger partial charge in [0.05, 0.1) is 24.8 Å². The second-order valence-electron chi connectivity index (χ2n) is 7.36. The van der Waals surface area contributed by atoms with Crippen LogP contribution in [0.3, 0.4) is 0 Å². The van der Waals surface area contributed by atoms with Gasteiger partial charge in [-0.1, -0.05) is 42.5 Å². The van der Waals surface area contributed by atoms with E-state index in [9.17, 15) is 9.59 Å². The summed E-state index contributed by atoms with van der Waals surface area (Å²) < 4.78 is 5.91. The van der Waals surface area contributed by atoms with Crippen LogP contribution < -0.4 is 15.0 Å². The van der Waals surface area contributed by atoms with Gasteiger partial charge in [-0.3, -0.25) is 19.4 Å². The third kappa shape index (κ3) is 4.70. The first-order valence-corrected chi connectivity index (χ1v) is 9.52. The number of carbonyl (C=O) groups excluding carboxylic acids is 2. The molecule has 0 saturated carbocycles. The number of para-hydroxylation sites is 2. The molecule has 0 fully saturated rings. The number of amides is 2. The molecule has 1 aliphatic heterocycles. The first-order chi connectivity index (χ1) is 13.5. The van der Waals surface area contributed by atoms with Crippen LogP contribution in [-0.2, 0) is 9.59 Å². The van der Waals surface area contributed by atoms with Gasteiger partial charge in [0.1, 0.15) is 12.4 Å². The Labute approximate surface area is 166 Å². The highest BCUT2D eigenvalue weighted by molar-refractivity contribution is 5.97. The average Bonchev–Trinajstić information content (AvgIpc) is 2.66. The van der Waals surface area contributed by atoms with Crippen LogP contribution >= 0.6 is 0 Å². The Morgan fingerprint density at radius 3 is 2.50 bits per heavy atom. The Morgan fingerprint density at radius 1 is 1.11 bits per heavy atom. The van der Waals surface area contributed by atoms with Gasteiger partial charge < -0.3 is 10.1 Å². The van der Waals surface area contributed by atoms with Crippen molar-refractivity contribution in [3.05, 3.63) is 60.2 Å². The maximum Gasteiger partial charge on any atom is 0.241 e. The van der Waals surface area contributed by atoms with E-state index in [4.69, 9.17) is 4.74 Å². The summed E-state index contributed by atoms with van der Waals surface area (Å²) in [5.41, 5.74) is 1.78. The van der Waals surface area contributed by atoms with Gasteiger partial charge in [-0.25, -0.2) is 0 Å². The normalized spacial score (nSPS) is 15.9. The van der Waals surface area contributed by atoms with Gasteiger partial charge in [-0.05, 0) is 38.6 Å². The second kappa shape index (κ2) is 8.89. The highest BCUT2D eigenvalue weighted by Gasteiger charge is 2.33. The SMILES string of the molecule is CC(C)NC(=O)CN(C)CC(=O)N1c2ccccc2OC[C@H]1c1ccccc1. The van der Waals surface area contributed by atoms with Crippen LogP contribution in [0, 0.1) is 0 Å². The quantitative estimate of drug-likeness (QED) is 0.836. The molecule has 1 atom stereocenters. The maximum absolute atomic E-state index is 13.3. The van der Waals surface area contributed by atoms with Crippen LogP contribution in [0.4, 0.5) is 5.69 Å². The lowest BCUT2D eigenvalue weighted by atomic mass is 10.0. The highest BCUT2D eigenvalue weighted by atomic mass is 16.5. The van der Waals surface area contributed by atoms with E-state index in [2.05, 4.69) is 5.32 Å². The topological polar surface area (TPSA) is 61.9 Å². The second-order valence-corrected chi connectivity index (χ2v) is 7.36. The smallest absolute Gasteiger partial charge is 0.241 e. The zero-order chi connectivity index (χ0) is 20.1. The number of carbonyl (C=O) groups is 2. The molecule has 0 bridgehead atoms. The van der Waals surface area contributed by atoms with Gasteiger partial charge in [0.15, 0.2) is 0 Å². The molecule has 0 saturated heterocycles. The monoisotopic (exact) mass is 381 g/mol. The van der Waals surface area contributed by atoms with Crippen LogP contribution in [0.15, 0.2) is 54.6 Å². The first-order valence-electron chi connectivity index (χ1n) is 9.52. The summed E-state index contributed by atoms with van der Waals surface area (Å²) in [6.07, 6.45) is 0. The van der Waals surface area contributed by atoms with Crippen molar-refractivity contribution in [3.8, 4) is 5.75 Å². The van der Waals surface area contributed by atoms with Crippen molar-refractivity contribution in [2.24, 2.45) is 0 Å². The van der Waals surface area contributed by atoms with E-state index in [1.165, 1.54) is 0 Å². The Kier molecular flexibility index (Phi) is 6.31. The van der Waals surface area contributed by atoms with Crippen molar-refractivity contribution >= 4 is 17.5 Å². The summed E-state index contributed by atoms with van der Waals surface area (Å²) in [5, 5.41) is 2.85. The molecule has 1 aliphatic rings. The van der Waals surface area contributed by atoms with E-state index in [-0.39, 0.29) is 37.0 Å². The van der Waals surface area contributed by atoms with Gasteiger partial charge in [0.2, 0.25) is 11.8 Å². The Morgan fingerprint density at radius 2 is 1.79 bits per heavy atom. The molecule has 1 N–H and O–H groups in total. The van der Waals surface area contributed by atoms with Crippen LogP contribution in [-0.4, -0.2) is 49.5 Å². The summed E-state index contributed by atoms with van der Waals surface area (Å²) in [6, 6.07) is 17.3. The number of likely N-dealkylation sites (N-methyl/N-ethyl adjacent to an activating group) is 1. The molecule has 0 aliphatic carbocycles. The van der Waals surface area contributed by atoms with Gasteiger partial charge >= 0.3 is 0 Å². The molecule has 3 rings (SSSR count). The maximum atomic E-state index is 13.3. The molecule has 2 amide bonds. The molecule has 1 heterocycles. The number of anilines is 1. The highest BCUT2D eigenvalue weighted by Crippen LogP contribution is 2.39. The van der Waals surface area contributed by atoms with E-state index >= 15 is 0 Å². The summed E-state index contributed by atoms with van der Waals surface area (Å²) in [5.74, 6) is 0.542. The minimum absolute atomic E-state index is 0.0653. The Hall–Kier alpha value is -2.86. The zero-order valence-electron chi connectivity index (χ0n) is 16.6. The van der Waals surface area contributed by atoms with Crippen LogP contribution in [0.5, 0.6) is 5.75 Å². The fourth-order valence-corrected chi connectivity index (χ4v) is 3.39. The fourth-order valence-electron chi connectivity index (χ4n) is 3.39. The van der Waals surface area contributed by atoms with Crippen molar-refractivity contribution in [2.75, 3.05) is 31.6 Å². The van der Waals surface area contributed by atoms with Gasteiger partial charge in [-0.2, -0.15) is 0 Å². The fraction of sp³-hybridized carbons (Fsp3) is 0.364. The molecule has 2 aromatic rings. The van der Waals surface area contributed by atoms with E-state index < -0.39 is 0 Å². The van der Waals surface area contributed by atoms with Gasteiger partial charge in [-0.15, -0.1) is 0 Å². The number of benzene rings is 2. The number of rotatable bonds is 6. The molecule has 28 heavy (non-hydrogen) atoms. The largest absolute Gasteiger partial charge is 0.489 e. The summed E-state index contributed by atoms with van der Waals surface area (Å²) in [6.45, 7) is 4.54. The molecule has 148 valence electrons. The van der Waals surface area contributed by atoms with Crippen molar-refractivity contribution in [1.82, 2.24) is 10.2 Å². The average molecular weight is 381 g/mol. The molecule has 0 spiro atoms. The van der Waals surface area contributed by atoms with E-state index in [1.54, 1.807) is 16.8 Å². The predicted molar refractivity (Wildman–Crippen MR) is 109 cm³/mol. The molecule has 0 unspecified atom stereocenters. The van der Waals surface area contributed by atoms with Crippen molar-refractivity contribution in [3.63, 3.8) is 0 Å². The van der Waals surface area contributed by atoms with Crippen LogP contribution in [0.1, 0.15) is 25.5 Å². The number of ether oxygens (including phenoxy) is 1. The number of hydrogen-bond donors (Lipinski definition) is 1. The molecule has 0 aromatic heterocycles. The third-order valence-corrected chi connectivity index (χ3v) is 4.55. The number of hydrogen-bond acceptors (Lipinski definition) is 4. The minimum Gasteiger partial charge on any atom is -0.489 e. The van der Waals surface area contributed by atoms with Crippen LogP contribution in [0.25, 0.3) is 0 Å². The Balaban J connectivity index is 1.80. The zero-order valence-corrected chi connectivity index (χ0v) is 16.6. The van der Waals surface area contributed by atoms with Crippen molar-refractivity contribution < 1.29 is 14.3 Å². The number of nitrogens with one attached hydrogen (secondary N) is 1. The standard InChI is InChI=1S/C22H27N3O3/c1-16(2)23-21(26)13-24(3)14-22(27)25-18-11-7-8-12-20(18)28-15-19(25)17-9-5-4-6-10-17/h4-12,16,19H,13-15H2,1-3H3,(H,23,26)/t19-/m0/s1. The molecule has 6 heteroatoms. The third-order valence-electron chi connectivity index (χ3n) is 4.55. The molecular weight excluding hydrogens is 354 g/mol. The molecule has 2 aromatic carbocycles. The lowest BCUT2D eigenvalue weighted by Gasteiger charge is -2.38. The van der Waals surface area contributed by atoms with Crippen LogP contribution in [0.2, 0.25) is 0 Å². The predicted octanol–water partition coefficient (Wildman–Crippen LogP) is 2.61. The van der Waals surface area contributed by atoms with Gasteiger partial charge in [0, 0.05) is 6.04 Å². The lowest BCUT2D eigenvalue weighted by Crippen LogP contribution is -2.47. The summed E-state index contributed by atoms with van der Waals surface area (Å²) >= 11 is 0. The summed E-state index contributed by atoms with van der Waals surface area (Å²) in [7, 11) is 1.78.